The van der Waals surface area contributed by atoms with E-state index in [1.54, 1.807) is 19.0 Å². The van der Waals surface area contributed by atoms with Gasteiger partial charge in [-0.15, -0.1) is 0 Å². The quantitative estimate of drug-likeness (QED) is 0.786. The molecule has 3 rings (SSSR count). The second kappa shape index (κ2) is 5.01. The van der Waals surface area contributed by atoms with Crippen molar-refractivity contribution in [1.29, 1.82) is 0 Å². The Bertz CT molecular complexity index is 502. The highest BCUT2D eigenvalue weighted by atomic mass is 16.5. The summed E-state index contributed by atoms with van der Waals surface area (Å²) in [4.78, 5) is 24.7. The number of carbonyl (C=O) groups is 1. The summed E-state index contributed by atoms with van der Waals surface area (Å²) in [6, 6.07) is 0. The fraction of sp³-hybridized carbons (Fsp3) is 0.643. The Morgan fingerprint density at radius 3 is 2.70 bits per heavy atom. The van der Waals surface area contributed by atoms with Crippen molar-refractivity contribution in [1.82, 2.24) is 14.9 Å². The van der Waals surface area contributed by atoms with Gasteiger partial charge in [-0.1, -0.05) is 0 Å². The van der Waals surface area contributed by atoms with Crippen LogP contribution >= 0.6 is 0 Å². The SMILES string of the molecule is Cc1cnc(N2C[C@@H]3C[C@H](C(=O)N(C)C)[C@@H](C2)O3)nc1. The molecular formula is C14H20N4O2. The Hall–Kier alpha value is -1.69. The van der Waals surface area contributed by atoms with Crippen molar-refractivity contribution < 1.29 is 9.53 Å². The van der Waals surface area contributed by atoms with E-state index in [-0.39, 0.29) is 24.0 Å². The number of aromatic nitrogens is 2. The van der Waals surface area contributed by atoms with Crippen LogP contribution in [0.3, 0.4) is 0 Å². The van der Waals surface area contributed by atoms with Gasteiger partial charge in [-0.2, -0.15) is 0 Å². The Kier molecular flexibility index (Phi) is 3.33. The molecule has 2 aliphatic heterocycles. The molecule has 1 aromatic rings. The minimum atomic E-state index is -0.0476. The first kappa shape index (κ1) is 13.3. The molecule has 0 aliphatic carbocycles. The van der Waals surface area contributed by atoms with Gasteiger partial charge in [0, 0.05) is 39.6 Å². The van der Waals surface area contributed by atoms with Crippen molar-refractivity contribution in [3.63, 3.8) is 0 Å². The molecule has 2 fully saturated rings. The third-order valence-corrected chi connectivity index (χ3v) is 3.97. The predicted octanol–water partition coefficient (Wildman–Crippen LogP) is 0.467. The number of rotatable bonds is 2. The Labute approximate surface area is 118 Å². The molecule has 3 atom stereocenters. The number of nitrogens with zero attached hydrogens (tertiary/aromatic N) is 4. The van der Waals surface area contributed by atoms with E-state index in [2.05, 4.69) is 14.9 Å². The Morgan fingerprint density at radius 1 is 1.35 bits per heavy atom. The molecule has 0 radical (unpaired) electrons. The van der Waals surface area contributed by atoms with Crippen LogP contribution in [0.15, 0.2) is 12.4 Å². The van der Waals surface area contributed by atoms with Crippen LogP contribution in [0.2, 0.25) is 0 Å². The van der Waals surface area contributed by atoms with Gasteiger partial charge in [0.05, 0.1) is 18.1 Å². The van der Waals surface area contributed by atoms with Gasteiger partial charge >= 0.3 is 0 Å². The summed E-state index contributed by atoms with van der Waals surface area (Å²) in [6.45, 7) is 3.42. The summed E-state index contributed by atoms with van der Waals surface area (Å²) in [7, 11) is 3.59. The fourth-order valence-corrected chi connectivity index (χ4v) is 2.96. The Morgan fingerprint density at radius 2 is 2.05 bits per heavy atom. The van der Waals surface area contributed by atoms with Crippen LogP contribution in [0, 0.1) is 12.8 Å². The number of aryl methyl sites for hydroxylation is 1. The highest BCUT2D eigenvalue weighted by Gasteiger charge is 2.45. The average Bonchev–Trinajstić information content (AvgIpc) is 2.73. The number of ether oxygens (including phenoxy) is 1. The summed E-state index contributed by atoms with van der Waals surface area (Å²) in [5.74, 6) is 0.849. The topological polar surface area (TPSA) is 58.6 Å². The van der Waals surface area contributed by atoms with Crippen molar-refractivity contribution in [2.75, 3.05) is 32.1 Å². The molecule has 2 aliphatic rings. The molecule has 2 saturated heterocycles. The molecule has 0 unspecified atom stereocenters. The normalized spacial score (nSPS) is 28.6. The zero-order chi connectivity index (χ0) is 14.3. The number of hydrogen-bond donors (Lipinski definition) is 0. The van der Waals surface area contributed by atoms with Crippen molar-refractivity contribution in [2.24, 2.45) is 5.92 Å². The van der Waals surface area contributed by atoms with Gasteiger partial charge in [0.2, 0.25) is 11.9 Å². The number of morpholine rings is 1. The minimum absolute atomic E-state index is 0.0366. The van der Waals surface area contributed by atoms with E-state index in [0.717, 1.165) is 24.5 Å². The second-order valence-corrected chi connectivity index (χ2v) is 5.84. The van der Waals surface area contributed by atoms with E-state index in [1.807, 2.05) is 19.3 Å². The van der Waals surface area contributed by atoms with Crippen molar-refractivity contribution in [3.8, 4) is 0 Å². The second-order valence-electron chi connectivity index (χ2n) is 5.84. The number of anilines is 1. The molecule has 6 nitrogen and oxygen atoms in total. The zero-order valence-corrected chi connectivity index (χ0v) is 12.1. The third kappa shape index (κ3) is 2.35. The molecule has 0 aromatic carbocycles. The summed E-state index contributed by atoms with van der Waals surface area (Å²) in [6.07, 6.45) is 4.50. The van der Waals surface area contributed by atoms with Gasteiger partial charge in [0.15, 0.2) is 0 Å². The molecular weight excluding hydrogens is 256 g/mol. The standard InChI is InChI=1S/C14H20N4O2/c1-9-5-15-14(16-6-9)18-7-10-4-11(12(8-18)20-10)13(19)17(2)3/h5-6,10-12H,4,7-8H2,1-3H3/t10-,11-,12+/m0/s1. The lowest BCUT2D eigenvalue weighted by atomic mass is 9.99. The molecule has 1 amide bonds. The van der Waals surface area contributed by atoms with Crippen LogP contribution in [-0.4, -0.2) is 60.2 Å². The third-order valence-electron chi connectivity index (χ3n) is 3.97. The molecule has 6 heteroatoms. The van der Waals surface area contributed by atoms with Gasteiger partial charge in [-0.05, 0) is 18.9 Å². The summed E-state index contributed by atoms with van der Waals surface area (Å²) in [5, 5.41) is 0. The summed E-state index contributed by atoms with van der Waals surface area (Å²) < 4.78 is 5.91. The monoisotopic (exact) mass is 276 g/mol. The van der Waals surface area contributed by atoms with Gasteiger partial charge in [0.25, 0.3) is 0 Å². The van der Waals surface area contributed by atoms with E-state index in [1.165, 1.54) is 0 Å². The number of amides is 1. The lowest BCUT2D eigenvalue weighted by Crippen LogP contribution is -2.46. The largest absolute Gasteiger partial charge is 0.370 e. The lowest BCUT2D eigenvalue weighted by Gasteiger charge is -2.33. The molecule has 3 heterocycles. The van der Waals surface area contributed by atoms with Crippen molar-refractivity contribution in [3.05, 3.63) is 18.0 Å². The maximum absolute atomic E-state index is 12.2. The van der Waals surface area contributed by atoms with Crippen LogP contribution in [0.5, 0.6) is 0 Å². The highest BCUT2D eigenvalue weighted by molar-refractivity contribution is 5.79. The Balaban J connectivity index is 1.75. The van der Waals surface area contributed by atoms with Crippen LogP contribution in [0.4, 0.5) is 5.95 Å². The highest BCUT2D eigenvalue weighted by Crippen LogP contribution is 2.33. The van der Waals surface area contributed by atoms with Gasteiger partial charge < -0.3 is 14.5 Å². The lowest BCUT2D eigenvalue weighted by molar-refractivity contribution is -0.134. The molecule has 20 heavy (non-hydrogen) atoms. The first-order valence-corrected chi connectivity index (χ1v) is 6.95. The molecule has 0 saturated carbocycles. The number of fused-ring (bicyclic) bond motifs is 2. The number of carbonyl (C=O) groups excluding carboxylic acids is 1. The number of hydrogen-bond acceptors (Lipinski definition) is 5. The zero-order valence-electron chi connectivity index (χ0n) is 12.1. The summed E-state index contributed by atoms with van der Waals surface area (Å²) >= 11 is 0. The van der Waals surface area contributed by atoms with E-state index in [9.17, 15) is 4.79 Å². The van der Waals surface area contributed by atoms with E-state index in [4.69, 9.17) is 4.74 Å². The van der Waals surface area contributed by atoms with Gasteiger partial charge in [-0.3, -0.25) is 4.79 Å². The van der Waals surface area contributed by atoms with E-state index < -0.39 is 0 Å². The fourth-order valence-electron chi connectivity index (χ4n) is 2.96. The predicted molar refractivity (Wildman–Crippen MR) is 74.4 cm³/mol. The van der Waals surface area contributed by atoms with Crippen LogP contribution < -0.4 is 4.90 Å². The molecule has 0 N–H and O–H groups in total. The minimum Gasteiger partial charge on any atom is -0.370 e. The van der Waals surface area contributed by atoms with Crippen LogP contribution in [-0.2, 0) is 9.53 Å². The van der Waals surface area contributed by atoms with Crippen LogP contribution in [0.25, 0.3) is 0 Å². The van der Waals surface area contributed by atoms with Gasteiger partial charge in [0.1, 0.15) is 0 Å². The molecule has 0 spiro atoms. The van der Waals surface area contributed by atoms with Crippen LogP contribution in [0.1, 0.15) is 12.0 Å². The maximum atomic E-state index is 12.2. The molecule has 2 bridgehead atoms. The van der Waals surface area contributed by atoms with Gasteiger partial charge in [-0.25, -0.2) is 9.97 Å². The van der Waals surface area contributed by atoms with E-state index in [0.29, 0.717) is 6.54 Å². The average molecular weight is 276 g/mol. The first-order chi connectivity index (χ1) is 9.54. The summed E-state index contributed by atoms with van der Waals surface area (Å²) in [5.41, 5.74) is 1.05. The van der Waals surface area contributed by atoms with Crippen molar-refractivity contribution >= 4 is 11.9 Å². The molecule has 1 aromatic heterocycles. The molecule has 108 valence electrons. The van der Waals surface area contributed by atoms with Crippen molar-refractivity contribution in [2.45, 2.75) is 25.6 Å². The first-order valence-electron chi connectivity index (χ1n) is 6.95. The van der Waals surface area contributed by atoms with E-state index >= 15 is 0 Å². The maximum Gasteiger partial charge on any atom is 0.227 e. The smallest absolute Gasteiger partial charge is 0.227 e.